The number of benzene rings is 3. The molecule has 0 unspecified atom stereocenters. The summed E-state index contributed by atoms with van der Waals surface area (Å²) in [5, 5.41) is 0. The first-order chi connectivity index (χ1) is 13.7. The van der Waals surface area contributed by atoms with Crippen LogP contribution in [0.4, 0.5) is 8.78 Å². The fraction of sp³-hybridized carbons (Fsp3) is 0.280. The summed E-state index contributed by atoms with van der Waals surface area (Å²) in [6.07, 6.45) is 6.66. The maximum absolute atomic E-state index is 13.9. The molecule has 0 radical (unpaired) electrons. The van der Waals surface area contributed by atoms with E-state index in [9.17, 15) is 8.78 Å². The number of rotatable bonds is 5. The minimum absolute atomic E-state index is 0.381. The van der Waals surface area contributed by atoms with Gasteiger partial charge in [-0.2, -0.15) is 0 Å². The molecule has 0 aromatic heterocycles. The minimum Gasteiger partial charge on any atom is -0.489 e. The van der Waals surface area contributed by atoms with Crippen LogP contribution in [-0.2, 0) is 6.61 Å². The highest BCUT2D eigenvalue weighted by molar-refractivity contribution is 5.64. The van der Waals surface area contributed by atoms with Gasteiger partial charge in [-0.15, -0.1) is 0 Å². The van der Waals surface area contributed by atoms with Gasteiger partial charge in [0.1, 0.15) is 24.0 Å². The molecule has 0 atom stereocenters. The molecular weight excluding hydrogens is 354 g/mol. The lowest BCUT2D eigenvalue weighted by Crippen LogP contribution is -2.04. The average Bonchev–Trinajstić information content (AvgIpc) is 2.74. The molecule has 0 saturated heterocycles. The van der Waals surface area contributed by atoms with Crippen LogP contribution in [0.5, 0.6) is 5.75 Å². The second-order valence-corrected chi connectivity index (χ2v) is 7.51. The lowest BCUT2D eigenvalue weighted by atomic mass is 9.84. The van der Waals surface area contributed by atoms with Crippen molar-refractivity contribution in [2.45, 2.75) is 44.6 Å². The Morgan fingerprint density at radius 1 is 0.786 bits per heavy atom. The van der Waals surface area contributed by atoms with Crippen molar-refractivity contribution in [2.24, 2.45) is 0 Å². The molecule has 0 heterocycles. The number of ether oxygens (including phenoxy) is 1. The van der Waals surface area contributed by atoms with Gasteiger partial charge in [0.15, 0.2) is 0 Å². The molecule has 1 aliphatic carbocycles. The zero-order chi connectivity index (χ0) is 19.3. The van der Waals surface area contributed by atoms with Crippen molar-refractivity contribution >= 4 is 0 Å². The molecule has 0 bridgehead atoms. The molecule has 0 amide bonds. The summed E-state index contributed by atoms with van der Waals surface area (Å²) in [5.74, 6) is 0.299. The van der Waals surface area contributed by atoms with Crippen LogP contribution in [0.1, 0.15) is 49.1 Å². The summed E-state index contributed by atoms with van der Waals surface area (Å²) in [6, 6.07) is 19.6. The van der Waals surface area contributed by atoms with E-state index in [-0.39, 0.29) is 0 Å². The third-order valence-corrected chi connectivity index (χ3v) is 5.56. The van der Waals surface area contributed by atoms with Crippen LogP contribution >= 0.6 is 0 Å². The predicted molar refractivity (Wildman–Crippen MR) is 108 cm³/mol. The van der Waals surface area contributed by atoms with E-state index in [0.717, 1.165) is 17.4 Å². The van der Waals surface area contributed by atoms with Crippen LogP contribution < -0.4 is 4.74 Å². The standard InChI is InChI=1S/C25H24F2O/c26-22-12-15-24(25(27)16-22)21-10-13-23(14-11-21)28-17-18-6-8-20(9-7-18)19-4-2-1-3-5-19/h6-16,19H,1-5,17H2. The van der Waals surface area contributed by atoms with Gasteiger partial charge < -0.3 is 4.74 Å². The molecule has 1 aliphatic rings. The van der Waals surface area contributed by atoms with Crippen molar-refractivity contribution in [1.82, 2.24) is 0 Å². The fourth-order valence-electron chi connectivity index (χ4n) is 3.94. The molecule has 1 fully saturated rings. The third kappa shape index (κ3) is 4.41. The van der Waals surface area contributed by atoms with E-state index in [4.69, 9.17) is 4.74 Å². The normalized spacial score (nSPS) is 14.8. The van der Waals surface area contributed by atoms with Gasteiger partial charge in [0.2, 0.25) is 0 Å². The van der Waals surface area contributed by atoms with Crippen molar-refractivity contribution in [1.29, 1.82) is 0 Å². The van der Waals surface area contributed by atoms with Gasteiger partial charge in [-0.1, -0.05) is 55.7 Å². The summed E-state index contributed by atoms with van der Waals surface area (Å²) in [6.45, 7) is 0.495. The van der Waals surface area contributed by atoms with Crippen LogP contribution in [0, 0.1) is 11.6 Å². The Kier molecular flexibility index (Phi) is 5.70. The lowest BCUT2D eigenvalue weighted by molar-refractivity contribution is 0.306. The molecule has 4 rings (SSSR count). The van der Waals surface area contributed by atoms with E-state index in [2.05, 4.69) is 24.3 Å². The Morgan fingerprint density at radius 3 is 2.18 bits per heavy atom. The summed E-state index contributed by atoms with van der Waals surface area (Å²) in [7, 11) is 0. The van der Waals surface area contributed by atoms with Gasteiger partial charge in [-0.25, -0.2) is 8.78 Å². The van der Waals surface area contributed by atoms with Crippen molar-refractivity contribution in [3.63, 3.8) is 0 Å². The molecule has 3 aromatic carbocycles. The topological polar surface area (TPSA) is 9.23 Å². The predicted octanol–water partition coefficient (Wildman–Crippen LogP) is 7.26. The van der Waals surface area contributed by atoms with E-state index in [1.807, 2.05) is 12.1 Å². The van der Waals surface area contributed by atoms with Crippen LogP contribution in [-0.4, -0.2) is 0 Å². The van der Waals surface area contributed by atoms with Gasteiger partial charge in [0, 0.05) is 11.6 Å². The summed E-state index contributed by atoms with van der Waals surface area (Å²) in [4.78, 5) is 0. The first-order valence-electron chi connectivity index (χ1n) is 9.96. The summed E-state index contributed by atoms with van der Waals surface area (Å²) in [5.41, 5.74) is 3.65. The zero-order valence-electron chi connectivity index (χ0n) is 15.8. The largest absolute Gasteiger partial charge is 0.489 e. The van der Waals surface area contributed by atoms with Gasteiger partial charge in [-0.3, -0.25) is 0 Å². The first-order valence-corrected chi connectivity index (χ1v) is 9.96. The van der Waals surface area contributed by atoms with Crippen molar-refractivity contribution < 1.29 is 13.5 Å². The molecule has 144 valence electrons. The van der Waals surface area contributed by atoms with Crippen LogP contribution in [0.2, 0.25) is 0 Å². The maximum Gasteiger partial charge on any atom is 0.133 e. The first kappa shape index (κ1) is 18.7. The smallest absolute Gasteiger partial charge is 0.133 e. The van der Waals surface area contributed by atoms with Crippen molar-refractivity contribution in [3.8, 4) is 16.9 Å². The van der Waals surface area contributed by atoms with E-state index >= 15 is 0 Å². The molecule has 0 aliphatic heterocycles. The van der Waals surface area contributed by atoms with Gasteiger partial charge in [0.05, 0.1) is 0 Å². The quantitative estimate of drug-likeness (QED) is 0.454. The molecule has 1 saturated carbocycles. The Balaban J connectivity index is 1.37. The number of hydrogen-bond acceptors (Lipinski definition) is 1. The Morgan fingerprint density at radius 2 is 1.50 bits per heavy atom. The lowest BCUT2D eigenvalue weighted by Gasteiger charge is -2.22. The van der Waals surface area contributed by atoms with Gasteiger partial charge in [-0.05, 0) is 59.7 Å². The van der Waals surface area contributed by atoms with Crippen LogP contribution in [0.3, 0.4) is 0 Å². The highest BCUT2D eigenvalue weighted by Crippen LogP contribution is 2.32. The van der Waals surface area contributed by atoms with Crippen LogP contribution in [0.15, 0.2) is 66.7 Å². The molecular formula is C25H24F2O. The van der Waals surface area contributed by atoms with Gasteiger partial charge >= 0.3 is 0 Å². The average molecular weight is 378 g/mol. The Labute approximate surface area is 165 Å². The monoisotopic (exact) mass is 378 g/mol. The Hall–Kier alpha value is -2.68. The maximum atomic E-state index is 13.9. The molecule has 0 spiro atoms. The number of halogens is 2. The van der Waals surface area contributed by atoms with E-state index < -0.39 is 11.6 Å². The van der Waals surface area contributed by atoms with E-state index in [0.29, 0.717) is 23.7 Å². The van der Waals surface area contributed by atoms with Gasteiger partial charge in [0.25, 0.3) is 0 Å². The fourth-order valence-corrected chi connectivity index (χ4v) is 3.94. The van der Waals surface area contributed by atoms with Crippen molar-refractivity contribution in [2.75, 3.05) is 0 Å². The third-order valence-electron chi connectivity index (χ3n) is 5.56. The van der Waals surface area contributed by atoms with Crippen molar-refractivity contribution in [3.05, 3.63) is 89.5 Å². The van der Waals surface area contributed by atoms with E-state index in [1.165, 1.54) is 49.8 Å². The SMILES string of the molecule is Fc1ccc(-c2ccc(OCc3ccc(C4CCCCC4)cc3)cc2)c(F)c1. The Bertz CT molecular complexity index is 910. The van der Waals surface area contributed by atoms with Crippen LogP contribution in [0.25, 0.3) is 11.1 Å². The minimum atomic E-state index is -0.573. The number of hydrogen-bond donors (Lipinski definition) is 0. The molecule has 0 N–H and O–H groups in total. The molecule has 1 nitrogen and oxygen atoms in total. The second kappa shape index (κ2) is 8.55. The zero-order valence-corrected chi connectivity index (χ0v) is 15.8. The van der Waals surface area contributed by atoms with E-state index in [1.54, 1.807) is 12.1 Å². The highest BCUT2D eigenvalue weighted by atomic mass is 19.1. The second-order valence-electron chi connectivity index (χ2n) is 7.51. The molecule has 3 aromatic rings. The summed E-state index contributed by atoms with van der Waals surface area (Å²) >= 11 is 0. The highest BCUT2D eigenvalue weighted by Gasteiger charge is 2.15. The molecule has 28 heavy (non-hydrogen) atoms. The molecule has 3 heteroatoms. The summed E-state index contributed by atoms with van der Waals surface area (Å²) < 4.78 is 32.8.